The Morgan fingerprint density at radius 1 is 1.06 bits per heavy atom. The van der Waals surface area contributed by atoms with Crippen LogP contribution in [-0.4, -0.2) is 107 Å². The molecular weight excluding hydrogens is 684 g/mol. The third-order valence-electron chi connectivity index (χ3n) is 12.6. The number of hydrogen-bond acceptors (Lipinski definition) is 9. The average molecular weight is 736 g/mol. The van der Waals surface area contributed by atoms with Gasteiger partial charge in [-0.05, 0) is 98.4 Å². The number of carbonyl (C=O) groups excluding carboxylic acids is 1. The molecule has 11 heteroatoms. The lowest BCUT2D eigenvalue weighted by molar-refractivity contribution is -0.112. The topological polar surface area (TPSA) is 83.9 Å². The first-order valence-corrected chi connectivity index (χ1v) is 20.5. The fourth-order valence-electron chi connectivity index (χ4n) is 9.99. The number of methoxy groups -OCH3 is 1. The number of fused-ring (bicyclic) bond motifs is 4. The molecule has 276 valence electrons. The SMILES string of the molecule is CO[C@H]1/C=C/[C@H](OCCN2CC3(CN(C)C3)C2)[C@H](C)C[S-](=O)=NC(=O)c2ccc3c(c2)N(C[C@@H]2CC[C@H]21)C[C@@]1(CCCc2cc(Cl)ccc21)CO3. The van der Waals surface area contributed by atoms with E-state index < -0.39 is 16.5 Å². The Morgan fingerprint density at radius 3 is 2.65 bits per heavy atom. The highest BCUT2D eigenvalue weighted by molar-refractivity contribution is 7.75. The van der Waals surface area contributed by atoms with Gasteiger partial charge in [0.1, 0.15) is 5.75 Å². The number of carbonyl (C=O) groups is 1. The molecule has 0 radical (unpaired) electrons. The van der Waals surface area contributed by atoms with Crippen molar-refractivity contribution in [3.63, 3.8) is 0 Å². The number of benzene rings is 2. The minimum Gasteiger partial charge on any atom is -0.490 e. The number of rotatable bonds is 5. The maximum Gasteiger partial charge on any atom is 0.254 e. The molecule has 4 heterocycles. The van der Waals surface area contributed by atoms with Crippen molar-refractivity contribution < 1.29 is 23.2 Å². The average Bonchev–Trinajstić information content (AvgIpc) is 3.21. The molecule has 2 saturated heterocycles. The fourth-order valence-corrected chi connectivity index (χ4v) is 11.2. The number of ether oxygens (including phenoxy) is 3. The van der Waals surface area contributed by atoms with Gasteiger partial charge in [0.25, 0.3) is 5.91 Å². The van der Waals surface area contributed by atoms with Gasteiger partial charge in [-0.15, -0.1) is 0 Å². The first-order chi connectivity index (χ1) is 24.6. The molecule has 51 heavy (non-hydrogen) atoms. The van der Waals surface area contributed by atoms with Gasteiger partial charge in [0.15, 0.2) is 0 Å². The number of nitrogens with zero attached hydrogens (tertiary/aromatic N) is 4. The van der Waals surface area contributed by atoms with E-state index in [2.05, 4.69) is 50.4 Å². The van der Waals surface area contributed by atoms with Gasteiger partial charge in [-0.3, -0.25) is 9.69 Å². The number of aryl methyl sites for hydroxylation is 1. The van der Waals surface area contributed by atoms with Crippen LogP contribution in [0.5, 0.6) is 5.75 Å². The third kappa shape index (κ3) is 7.13. The van der Waals surface area contributed by atoms with Gasteiger partial charge in [-0.2, -0.15) is 10.6 Å². The summed E-state index contributed by atoms with van der Waals surface area (Å²) in [5.41, 5.74) is 4.22. The van der Waals surface area contributed by atoms with E-state index in [1.165, 1.54) is 24.2 Å². The molecule has 2 spiro atoms. The van der Waals surface area contributed by atoms with Gasteiger partial charge in [0.2, 0.25) is 0 Å². The minimum absolute atomic E-state index is 0.0573. The Balaban J connectivity index is 1.07. The standard InChI is InChI=1S/C40H52ClN4O5S/c1-27-20-51(47)42-38(46)29-7-11-37-34(18-29)45(25-40(26-50-37)14-4-5-28-17-31(41)8-10-33(28)40)19-30-6-9-32(30)36(48-3)13-12-35(27)49-16-15-44-23-39(24-44)21-43(2)22-39/h7-8,10-13,17-18,27,30,32,35-36H,4-6,9,14-16,19-26H2,1-3H3/q-1/b13-12+/t27-,30+,32-,35+,36+,40+/m1/s1. The third-order valence-corrected chi connectivity index (χ3v) is 14.0. The zero-order chi connectivity index (χ0) is 35.3. The van der Waals surface area contributed by atoms with Crippen LogP contribution in [0.2, 0.25) is 5.02 Å². The lowest BCUT2D eigenvalue weighted by Gasteiger charge is -2.59. The van der Waals surface area contributed by atoms with Crippen LogP contribution in [0.15, 0.2) is 52.9 Å². The summed E-state index contributed by atoms with van der Waals surface area (Å²) in [5, 5.41) is 0.766. The van der Waals surface area contributed by atoms with Crippen molar-refractivity contribution in [3.05, 3.63) is 70.3 Å². The maximum absolute atomic E-state index is 13.6. The van der Waals surface area contributed by atoms with Crippen LogP contribution in [0.25, 0.3) is 0 Å². The minimum atomic E-state index is -1.71. The van der Waals surface area contributed by atoms with E-state index >= 15 is 0 Å². The number of likely N-dealkylation sites (tertiary alicyclic amines) is 2. The number of hydrogen-bond donors (Lipinski definition) is 0. The Hall–Kier alpha value is -2.47. The summed E-state index contributed by atoms with van der Waals surface area (Å²) >= 11 is 6.47. The first-order valence-electron chi connectivity index (χ1n) is 18.8. The van der Waals surface area contributed by atoms with E-state index in [1.54, 1.807) is 13.2 Å². The maximum atomic E-state index is 13.6. The molecule has 8 rings (SSSR count). The van der Waals surface area contributed by atoms with Gasteiger partial charge >= 0.3 is 0 Å². The highest BCUT2D eigenvalue weighted by Gasteiger charge is 2.50. The molecule has 2 aromatic rings. The summed E-state index contributed by atoms with van der Waals surface area (Å²) < 4.78 is 36.9. The second kappa shape index (κ2) is 14.4. The lowest BCUT2D eigenvalue weighted by Crippen LogP contribution is -2.71. The summed E-state index contributed by atoms with van der Waals surface area (Å²) in [6.45, 7) is 10.3. The zero-order valence-electron chi connectivity index (χ0n) is 30.2. The Labute approximate surface area is 309 Å². The molecule has 3 fully saturated rings. The van der Waals surface area contributed by atoms with Gasteiger partial charge in [-0.25, -0.2) is 0 Å². The second-order valence-electron chi connectivity index (χ2n) is 16.5. The van der Waals surface area contributed by atoms with Gasteiger partial charge in [0.05, 0.1) is 31.1 Å². The monoisotopic (exact) mass is 735 g/mol. The summed E-state index contributed by atoms with van der Waals surface area (Å²) in [7, 11) is 2.28. The Bertz CT molecular complexity index is 1750. The van der Waals surface area contributed by atoms with Crippen LogP contribution >= 0.6 is 11.6 Å². The van der Waals surface area contributed by atoms with Crippen LogP contribution in [0.3, 0.4) is 0 Å². The fraction of sp³-hybridized carbons (Fsp3) is 0.625. The smallest absolute Gasteiger partial charge is 0.254 e. The predicted octanol–water partition coefficient (Wildman–Crippen LogP) is 5.98. The quantitative estimate of drug-likeness (QED) is 0.274. The number of amides is 1. The summed E-state index contributed by atoms with van der Waals surface area (Å²) in [4.78, 5) is 20.9. The molecule has 1 saturated carbocycles. The number of halogens is 1. The lowest BCUT2D eigenvalue weighted by atomic mass is 9.68. The van der Waals surface area contributed by atoms with Crippen molar-refractivity contribution in [1.82, 2.24) is 9.80 Å². The molecule has 2 bridgehead atoms. The first kappa shape index (κ1) is 35.6. The summed E-state index contributed by atoms with van der Waals surface area (Å²) in [6, 6.07) is 11.9. The van der Waals surface area contributed by atoms with Crippen LogP contribution in [-0.2, 0) is 36.1 Å². The molecule has 2 aliphatic carbocycles. The summed E-state index contributed by atoms with van der Waals surface area (Å²) in [5.74, 6) is 1.19. The van der Waals surface area contributed by atoms with Gasteiger partial charge in [-0.1, -0.05) is 42.5 Å². The van der Waals surface area contributed by atoms with Gasteiger partial charge in [0, 0.05) is 74.3 Å². The van der Waals surface area contributed by atoms with E-state index in [1.807, 2.05) is 25.1 Å². The number of anilines is 1. The highest BCUT2D eigenvalue weighted by atomic mass is 35.5. The molecule has 2 aromatic carbocycles. The zero-order valence-corrected chi connectivity index (χ0v) is 31.8. The molecule has 6 atom stereocenters. The molecular formula is C40H52ClN4O5S-. The molecule has 0 aromatic heterocycles. The van der Waals surface area contributed by atoms with Crippen molar-refractivity contribution in [2.45, 2.75) is 56.7 Å². The van der Waals surface area contributed by atoms with E-state index in [9.17, 15) is 9.00 Å². The van der Waals surface area contributed by atoms with E-state index in [0.717, 1.165) is 81.3 Å². The molecule has 4 aliphatic heterocycles. The largest absolute Gasteiger partial charge is 0.490 e. The van der Waals surface area contributed by atoms with E-state index in [-0.39, 0.29) is 29.3 Å². The predicted molar refractivity (Wildman–Crippen MR) is 201 cm³/mol. The molecule has 9 nitrogen and oxygen atoms in total. The van der Waals surface area contributed by atoms with Crippen LogP contribution in [0, 0.1) is 23.2 Å². The van der Waals surface area contributed by atoms with Crippen LogP contribution < -0.4 is 9.64 Å². The second-order valence-corrected chi connectivity index (χ2v) is 18.0. The van der Waals surface area contributed by atoms with Crippen LogP contribution in [0.1, 0.15) is 54.1 Å². The van der Waals surface area contributed by atoms with Gasteiger partial charge < -0.3 is 32.6 Å². The van der Waals surface area contributed by atoms with Crippen molar-refractivity contribution in [1.29, 1.82) is 0 Å². The van der Waals surface area contributed by atoms with Crippen molar-refractivity contribution >= 4 is 33.8 Å². The van der Waals surface area contributed by atoms with E-state index in [4.69, 9.17) is 25.8 Å². The van der Waals surface area contributed by atoms with Crippen LogP contribution in [0.4, 0.5) is 5.69 Å². The molecule has 0 N–H and O–H groups in total. The molecule has 1 amide bonds. The van der Waals surface area contributed by atoms with Crippen molar-refractivity contribution in [2.75, 3.05) is 83.8 Å². The Kier molecular flexibility index (Phi) is 10.0. The summed E-state index contributed by atoms with van der Waals surface area (Å²) in [6.07, 6.45) is 9.27. The van der Waals surface area contributed by atoms with Crippen molar-refractivity contribution in [3.8, 4) is 5.75 Å². The Morgan fingerprint density at radius 2 is 1.88 bits per heavy atom. The van der Waals surface area contributed by atoms with E-state index in [0.29, 0.717) is 36.0 Å². The molecule has 0 unspecified atom stereocenters. The highest BCUT2D eigenvalue weighted by Crippen LogP contribution is 2.47. The normalized spacial score (nSPS) is 33.1. The molecule has 6 aliphatic rings. The van der Waals surface area contributed by atoms with Crippen molar-refractivity contribution in [2.24, 2.45) is 27.5 Å².